The maximum absolute atomic E-state index is 9.40. The van der Waals surface area contributed by atoms with E-state index in [-0.39, 0.29) is 0 Å². The van der Waals surface area contributed by atoms with Gasteiger partial charge in [-0.2, -0.15) is 0 Å². The first kappa shape index (κ1) is 14.7. The largest absolute Gasteiger partial charge is 0.396 e. The topological polar surface area (TPSA) is 20.2 Å². The fourth-order valence-corrected chi connectivity index (χ4v) is 2.29. The lowest BCUT2D eigenvalue weighted by molar-refractivity contribution is 0.213. The first-order chi connectivity index (χ1) is 8.11. The van der Waals surface area contributed by atoms with Crippen LogP contribution in [0.15, 0.2) is 28.7 Å². The molecule has 0 aliphatic rings. The Hall–Kier alpha value is -0.340. The Bertz CT molecular complexity index is 305. The zero-order valence-electron chi connectivity index (χ0n) is 10.8. The highest BCUT2D eigenvalue weighted by Crippen LogP contribution is 2.18. The Morgan fingerprint density at radius 3 is 2.29 bits per heavy atom. The van der Waals surface area contributed by atoms with Crippen molar-refractivity contribution in [1.82, 2.24) is 0 Å². The summed E-state index contributed by atoms with van der Waals surface area (Å²) < 4.78 is 1.11. The van der Waals surface area contributed by atoms with Crippen LogP contribution in [0.4, 0.5) is 0 Å². The van der Waals surface area contributed by atoms with Gasteiger partial charge in [-0.15, -0.1) is 0 Å². The summed E-state index contributed by atoms with van der Waals surface area (Å²) in [6.45, 7) is 4.81. The number of aliphatic hydroxyl groups is 1. The van der Waals surface area contributed by atoms with Crippen molar-refractivity contribution in [1.29, 1.82) is 0 Å². The van der Waals surface area contributed by atoms with Gasteiger partial charge in [-0.1, -0.05) is 54.8 Å². The molecule has 0 fully saturated rings. The first-order valence-corrected chi connectivity index (χ1v) is 7.26. The first-order valence-electron chi connectivity index (χ1n) is 6.47. The van der Waals surface area contributed by atoms with Gasteiger partial charge in [0, 0.05) is 11.1 Å². The molecule has 0 aliphatic heterocycles. The number of benzene rings is 1. The molecule has 0 amide bonds. The van der Waals surface area contributed by atoms with E-state index in [9.17, 15) is 5.11 Å². The highest BCUT2D eigenvalue weighted by Gasteiger charge is 2.09. The van der Waals surface area contributed by atoms with Crippen LogP contribution in [0.1, 0.15) is 38.7 Å². The maximum Gasteiger partial charge on any atom is 0.0462 e. The second kappa shape index (κ2) is 7.88. The molecule has 96 valence electrons. The summed E-state index contributed by atoms with van der Waals surface area (Å²) in [5.41, 5.74) is 1.32. The third-order valence-corrected chi connectivity index (χ3v) is 3.62. The molecule has 1 unspecified atom stereocenters. The van der Waals surface area contributed by atoms with E-state index in [1.165, 1.54) is 18.4 Å². The van der Waals surface area contributed by atoms with Crippen molar-refractivity contribution in [2.75, 3.05) is 6.61 Å². The van der Waals surface area contributed by atoms with E-state index < -0.39 is 0 Å². The summed E-state index contributed by atoms with van der Waals surface area (Å²) in [6.07, 6.45) is 4.60. The Labute approximate surface area is 113 Å². The molecule has 0 bridgehead atoms. The van der Waals surface area contributed by atoms with Gasteiger partial charge >= 0.3 is 0 Å². The minimum Gasteiger partial charge on any atom is -0.396 e. The highest BCUT2D eigenvalue weighted by atomic mass is 79.9. The van der Waals surface area contributed by atoms with Crippen molar-refractivity contribution < 1.29 is 5.11 Å². The van der Waals surface area contributed by atoms with Gasteiger partial charge < -0.3 is 5.11 Å². The van der Waals surface area contributed by atoms with Gasteiger partial charge in [-0.05, 0) is 42.4 Å². The molecule has 1 N–H and O–H groups in total. The minimum absolute atomic E-state index is 0.300. The zero-order valence-corrected chi connectivity index (χ0v) is 12.4. The molecule has 0 saturated heterocycles. The van der Waals surface area contributed by atoms with Gasteiger partial charge in [0.1, 0.15) is 0 Å². The molecule has 1 rings (SSSR count). The Morgan fingerprint density at radius 1 is 1.12 bits per heavy atom. The van der Waals surface area contributed by atoms with E-state index in [0.29, 0.717) is 12.5 Å². The van der Waals surface area contributed by atoms with Crippen molar-refractivity contribution in [2.45, 2.75) is 39.5 Å². The van der Waals surface area contributed by atoms with E-state index in [1.807, 2.05) is 0 Å². The quantitative estimate of drug-likeness (QED) is 0.790. The van der Waals surface area contributed by atoms with E-state index in [2.05, 4.69) is 54.0 Å². The van der Waals surface area contributed by atoms with Gasteiger partial charge in [0.2, 0.25) is 0 Å². The summed E-state index contributed by atoms with van der Waals surface area (Å²) in [7, 11) is 0. The molecule has 2 heteroatoms. The van der Waals surface area contributed by atoms with Crippen molar-refractivity contribution in [3.63, 3.8) is 0 Å². The van der Waals surface area contributed by atoms with Crippen LogP contribution >= 0.6 is 15.9 Å². The molecule has 0 heterocycles. The van der Waals surface area contributed by atoms with Crippen LogP contribution < -0.4 is 0 Å². The maximum atomic E-state index is 9.40. The van der Waals surface area contributed by atoms with Gasteiger partial charge in [0.25, 0.3) is 0 Å². The fraction of sp³-hybridized carbons (Fsp3) is 0.600. The molecule has 1 atom stereocenters. The molecular formula is C15H23BrO. The molecule has 0 saturated carbocycles. The van der Waals surface area contributed by atoms with Crippen molar-refractivity contribution in [2.24, 2.45) is 11.8 Å². The van der Waals surface area contributed by atoms with Gasteiger partial charge in [-0.25, -0.2) is 0 Å². The zero-order chi connectivity index (χ0) is 12.7. The predicted molar refractivity (Wildman–Crippen MR) is 77.1 cm³/mol. The van der Waals surface area contributed by atoms with Crippen LogP contribution in [-0.4, -0.2) is 11.7 Å². The molecule has 0 spiro atoms. The summed E-state index contributed by atoms with van der Waals surface area (Å²) in [5.74, 6) is 1.18. The Morgan fingerprint density at radius 2 is 1.76 bits per heavy atom. The second-order valence-electron chi connectivity index (χ2n) is 5.20. The lowest BCUT2D eigenvalue weighted by Gasteiger charge is -2.15. The number of rotatable bonds is 7. The van der Waals surface area contributed by atoms with E-state index in [0.717, 1.165) is 23.2 Å². The second-order valence-corrected chi connectivity index (χ2v) is 6.12. The van der Waals surface area contributed by atoms with Gasteiger partial charge in [-0.3, -0.25) is 0 Å². The van der Waals surface area contributed by atoms with Crippen LogP contribution in [0, 0.1) is 11.8 Å². The monoisotopic (exact) mass is 298 g/mol. The van der Waals surface area contributed by atoms with Crippen molar-refractivity contribution >= 4 is 15.9 Å². The highest BCUT2D eigenvalue weighted by molar-refractivity contribution is 9.10. The third-order valence-electron chi connectivity index (χ3n) is 3.09. The van der Waals surface area contributed by atoms with Gasteiger partial charge in [0.05, 0.1) is 0 Å². The average Bonchev–Trinajstić information content (AvgIpc) is 2.30. The number of hydrogen-bond donors (Lipinski definition) is 1. The molecule has 0 aliphatic carbocycles. The molecule has 1 aromatic rings. The van der Waals surface area contributed by atoms with E-state index in [4.69, 9.17) is 0 Å². The smallest absolute Gasteiger partial charge is 0.0462 e. The SMILES string of the molecule is CC(C)CCCC(CO)Cc1ccc(Br)cc1. The third kappa shape index (κ3) is 6.23. The van der Waals surface area contributed by atoms with Crippen molar-refractivity contribution in [3.05, 3.63) is 34.3 Å². The van der Waals surface area contributed by atoms with Gasteiger partial charge in [0.15, 0.2) is 0 Å². The molecule has 0 aromatic heterocycles. The molecule has 0 radical (unpaired) electrons. The van der Waals surface area contributed by atoms with E-state index >= 15 is 0 Å². The number of aliphatic hydroxyl groups excluding tert-OH is 1. The fourth-order valence-electron chi connectivity index (χ4n) is 2.03. The molecule has 1 nitrogen and oxygen atoms in total. The van der Waals surface area contributed by atoms with Crippen LogP contribution in [0.25, 0.3) is 0 Å². The average molecular weight is 299 g/mol. The van der Waals surface area contributed by atoms with Crippen LogP contribution in [0.2, 0.25) is 0 Å². The Kier molecular flexibility index (Phi) is 6.83. The Balaban J connectivity index is 2.38. The number of hydrogen-bond acceptors (Lipinski definition) is 1. The normalized spacial score (nSPS) is 13.0. The van der Waals surface area contributed by atoms with Crippen LogP contribution in [-0.2, 0) is 6.42 Å². The van der Waals surface area contributed by atoms with Crippen LogP contribution in [0.5, 0.6) is 0 Å². The summed E-state index contributed by atoms with van der Waals surface area (Å²) in [5, 5.41) is 9.40. The predicted octanol–water partition coefficient (Wildman–Crippen LogP) is 4.43. The van der Waals surface area contributed by atoms with Crippen molar-refractivity contribution in [3.8, 4) is 0 Å². The minimum atomic E-state index is 0.300. The molecule has 1 aromatic carbocycles. The lowest BCUT2D eigenvalue weighted by atomic mass is 9.93. The summed E-state index contributed by atoms with van der Waals surface area (Å²) in [6, 6.07) is 8.40. The van der Waals surface area contributed by atoms with Crippen LogP contribution in [0.3, 0.4) is 0 Å². The molecular weight excluding hydrogens is 276 g/mol. The molecule has 17 heavy (non-hydrogen) atoms. The lowest BCUT2D eigenvalue weighted by Crippen LogP contribution is -2.10. The number of halogens is 1. The summed E-state index contributed by atoms with van der Waals surface area (Å²) in [4.78, 5) is 0. The summed E-state index contributed by atoms with van der Waals surface area (Å²) >= 11 is 3.44. The van der Waals surface area contributed by atoms with E-state index in [1.54, 1.807) is 0 Å². The standard InChI is InChI=1S/C15H23BrO/c1-12(2)4-3-5-14(11-17)10-13-6-8-15(16)9-7-13/h6-9,12,14,17H,3-5,10-11H2,1-2H3.